The highest BCUT2D eigenvalue weighted by Crippen LogP contribution is 2.09. The zero-order valence-corrected chi connectivity index (χ0v) is 12.1. The quantitative estimate of drug-likeness (QED) is 0.248. The third-order valence-electron chi connectivity index (χ3n) is 1.90. The summed E-state index contributed by atoms with van der Waals surface area (Å²) in [7, 11) is 0. The van der Waals surface area contributed by atoms with Crippen LogP contribution < -0.4 is 24.0 Å². The van der Waals surface area contributed by atoms with Crippen LogP contribution in [0, 0.1) is 0 Å². The summed E-state index contributed by atoms with van der Waals surface area (Å²) in [6.45, 7) is 7.80. The number of hydrogen-bond donors (Lipinski definition) is 0. The Balaban J connectivity index is 0.00000144. The molecule has 0 amide bonds. The van der Waals surface area contributed by atoms with E-state index < -0.39 is 0 Å². The van der Waals surface area contributed by atoms with Gasteiger partial charge in [0, 0.05) is 4.43 Å². The normalized spacial score (nSPS) is 20.9. The number of rotatable bonds is 4. The lowest BCUT2D eigenvalue weighted by molar-refractivity contribution is -0.511. The van der Waals surface area contributed by atoms with Crippen molar-refractivity contribution in [3.8, 4) is 0 Å². The molecule has 0 saturated heterocycles. The lowest BCUT2D eigenvalue weighted by Crippen LogP contribution is -3.00. The third kappa shape index (κ3) is 3.73. The molecule has 0 fully saturated rings. The minimum Gasteiger partial charge on any atom is -1.00 e. The highest BCUT2D eigenvalue weighted by molar-refractivity contribution is 14.1. The Morgan fingerprint density at radius 3 is 2.92 bits per heavy atom. The summed E-state index contributed by atoms with van der Waals surface area (Å²) < 4.78 is 9.04. The van der Waals surface area contributed by atoms with Crippen LogP contribution >= 0.6 is 22.6 Å². The SMILES string of the molecule is C=CC[N+]1=C(CC)OC(CI)C1.[I-]. The number of alkyl halides is 1. The first kappa shape index (κ1) is 13.7. The smallest absolute Gasteiger partial charge is 0.336 e. The second-order valence-corrected chi connectivity index (χ2v) is 3.72. The van der Waals surface area contributed by atoms with Crippen LogP contribution in [0.3, 0.4) is 0 Å². The fourth-order valence-electron chi connectivity index (χ4n) is 1.37. The standard InChI is InChI=1S/C9H15INO.HI/c1-3-5-11-7-8(6-10)12-9(11)4-2;/h3,8H,1,4-7H2,2H3;1H/q+1;/p-1. The number of halogens is 2. The maximum Gasteiger partial charge on any atom is 0.336 e. The van der Waals surface area contributed by atoms with E-state index in [1.165, 1.54) is 0 Å². The van der Waals surface area contributed by atoms with Crippen LogP contribution in [0.15, 0.2) is 12.7 Å². The highest BCUT2D eigenvalue weighted by atomic mass is 127. The van der Waals surface area contributed by atoms with E-state index in [2.05, 4.69) is 40.7 Å². The Bertz CT molecular complexity index is 204. The zero-order chi connectivity index (χ0) is 8.97. The lowest BCUT2D eigenvalue weighted by atomic mass is 10.4. The molecule has 4 heteroatoms. The molecule has 0 aliphatic carbocycles. The van der Waals surface area contributed by atoms with Gasteiger partial charge in [0.1, 0.15) is 0 Å². The lowest BCUT2D eigenvalue weighted by Gasteiger charge is -1.99. The Morgan fingerprint density at radius 1 is 1.77 bits per heavy atom. The van der Waals surface area contributed by atoms with Crippen molar-refractivity contribution in [3.05, 3.63) is 12.7 Å². The first-order valence-corrected chi connectivity index (χ1v) is 5.78. The van der Waals surface area contributed by atoms with Gasteiger partial charge < -0.3 is 28.7 Å². The predicted molar refractivity (Wildman–Crippen MR) is 59.2 cm³/mol. The Kier molecular flexibility index (Phi) is 7.39. The van der Waals surface area contributed by atoms with Crippen molar-refractivity contribution in [1.29, 1.82) is 0 Å². The van der Waals surface area contributed by atoms with Crippen molar-refractivity contribution >= 4 is 28.5 Å². The summed E-state index contributed by atoms with van der Waals surface area (Å²) in [4.78, 5) is 0. The van der Waals surface area contributed by atoms with E-state index in [9.17, 15) is 0 Å². The average molecular weight is 407 g/mol. The second kappa shape index (κ2) is 7.03. The Morgan fingerprint density at radius 2 is 2.46 bits per heavy atom. The number of ether oxygens (including phenoxy) is 1. The van der Waals surface area contributed by atoms with Gasteiger partial charge in [-0.1, -0.05) is 36.1 Å². The van der Waals surface area contributed by atoms with Crippen molar-refractivity contribution in [2.45, 2.75) is 19.4 Å². The maximum absolute atomic E-state index is 5.71. The van der Waals surface area contributed by atoms with Crippen LogP contribution in [-0.2, 0) is 4.74 Å². The molecule has 1 aliphatic rings. The van der Waals surface area contributed by atoms with E-state index >= 15 is 0 Å². The van der Waals surface area contributed by atoms with Gasteiger partial charge in [0.25, 0.3) is 0 Å². The number of hydrogen-bond acceptors (Lipinski definition) is 1. The summed E-state index contributed by atoms with van der Waals surface area (Å²) in [5, 5.41) is 0. The van der Waals surface area contributed by atoms with E-state index in [1.54, 1.807) is 0 Å². The highest BCUT2D eigenvalue weighted by Gasteiger charge is 2.29. The van der Waals surface area contributed by atoms with Gasteiger partial charge in [0.15, 0.2) is 19.2 Å². The average Bonchev–Trinajstić information content (AvgIpc) is 2.48. The summed E-state index contributed by atoms with van der Waals surface area (Å²) >= 11 is 2.36. The molecular weight excluding hydrogens is 392 g/mol. The van der Waals surface area contributed by atoms with Gasteiger partial charge in [-0.2, -0.15) is 4.58 Å². The van der Waals surface area contributed by atoms with Gasteiger partial charge in [-0.15, -0.1) is 0 Å². The molecule has 0 saturated carbocycles. The molecule has 1 aliphatic heterocycles. The van der Waals surface area contributed by atoms with Crippen LogP contribution in [-0.4, -0.2) is 34.1 Å². The summed E-state index contributed by atoms with van der Waals surface area (Å²) in [6, 6.07) is 0. The molecule has 0 bridgehead atoms. The number of nitrogens with zero attached hydrogens (tertiary/aromatic N) is 1. The monoisotopic (exact) mass is 407 g/mol. The molecule has 1 heterocycles. The van der Waals surface area contributed by atoms with Crippen LogP contribution in [0.2, 0.25) is 0 Å². The van der Waals surface area contributed by atoms with Gasteiger partial charge in [0.05, 0.1) is 6.42 Å². The fraction of sp³-hybridized carbons (Fsp3) is 0.667. The van der Waals surface area contributed by atoms with Gasteiger partial charge in [-0.25, -0.2) is 0 Å². The molecule has 0 aromatic heterocycles. The van der Waals surface area contributed by atoms with Crippen LogP contribution in [0.5, 0.6) is 0 Å². The molecule has 0 spiro atoms. The minimum absolute atomic E-state index is 0. The summed E-state index contributed by atoms with van der Waals surface area (Å²) in [5.74, 6) is 1.12. The van der Waals surface area contributed by atoms with Gasteiger partial charge in [-0.3, -0.25) is 0 Å². The summed E-state index contributed by atoms with van der Waals surface area (Å²) in [6.07, 6.45) is 3.30. The van der Waals surface area contributed by atoms with Gasteiger partial charge >= 0.3 is 5.90 Å². The van der Waals surface area contributed by atoms with Gasteiger partial charge in [-0.05, 0) is 6.08 Å². The molecule has 1 rings (SSSR count). The maximum atomic E-state index is 5.71. The van der Waals surface area contributed by atoms with Crippen molar-refractivity contribution in [2.24, 2.45) is 0 Å². The molecule has 13 heavy (non-hydrogen) atoms. The van der Waals surface area contributed by atoms with E-state index in [-0.39, 0.29) is 24.0 Å². The van der Waals surface area contributed by atoms with Crippen molar-refractivity contribution in [3.63, 3.8) is 0 Å². The molecule has 0 radical (unpaired) electrons. The first-order valence-electron chi connectivity index (χ1n) is 4.26. The topological polar surface area (TPSA) is 12.2 Å². The Labute approximate surface area is 111 Å². The molecule has 1 atom stereocenters. The molecule has 0 aromatic rings. The first-order chi connectivity index (χ1) is 5.81. The van der Waals surface area contributed by atoms with Crippen LogP contribution in [0.4, 0.5) is 0 Å². The third-order valence-corrected chi connectivity index (χ3v) is 2.89. The predicted octanol–water partition coefficient (Wildman–Crippen LogP) is -1.17. The van der Waals surface area contributed by atoms with E-state index in [4.69, 9.17) is 4.74 Å². The van der Waals surface area contributed by atoms with Crippen LogP contribution in [0.25, 0.3) is 0 Å². The van der Waals surface area contributed by atoms with Crippen LogP contribution in [0.1, 0.15) is 13.3 Å². The van der Waals surface area contributed by atoms with Crippen molar-refractivity contribution in [1.82, 2.24) is 0 Å². The van der Waals surface area contributed by atoms with Crippen molar-refractivity contribution in [2.75, 3.05) is 17.5 Å². The van der Waals surface area contributed by atoms with Crippen molar-refractivity contribution < 1.29 is 33.3 Å². The Hall–Kier alpha value is 0.670. The molecule has 1 unspecified atom stereocenters. The van der Waals surface area contributed by atoms with Gasteiger partial charge in [0.2, 0.25) is 0 Å². The minimum atomic E-state index is 0. The molecule has 76 valence electrons. The van der Waals surface area contributed by atoms with E-state index in [0.717, 1.165) is 29.8 Å². The molecule has 2 nitrogen and oxygen atoms in total. The largest absolute Gasteiger partial charge is 1.00 e. The molecule has 0 aromatic carbocycles. The second-order valence-electron chi connectivity index (χ2n) is 2.84. The zero-order valence-electron chi connectivity index (χ0n) is 7.80. The fourth-order valence-corrected chi connectivity index (χ4v) is 1.83. The van der Waals surface area contributed by atoms with E-state index in [1.807, 2.05) is 6.08 Å². The molecular formula is C9H15I2NO. The molecule has 0 N–H and O–H groups in total. The summed E-state index contributed by atoms with van der Waals surface area (Å²) in [5.41, 5.74) is 0. The van der Waals surface area contributed by atoms with E-state index in [0.29, 0.717) is 6.10 Å².